The topological polar surface area (TPSA) is 60.0 Å². The van der Waals surface area contributed by atoms with Gasteiger partial charge in [-0.2, -0.15) is 0 Å². The fraction of sp³-hybridized carbons (Fsp3) is 0.391. The van der Waals surface area contributed by atoms with Crippen molar-refractivity contribution in [3.63, 3.8) is 0 Å². The summed E-state index contributed by atoms with van der Waals surface area (Å²) >= 11 is 6.12. The van der Waals surface area contributed by atoms with Crippen LogP contribution in [-0.2, 0) is 17.8 Å². The molecule has 1 unspecified atom stereocenters. The van der Waals surface area contributed by atoms with Gasteiger partial charge in [-0.15, -0.1) is 0 Å². The van der Waals surface area contributed by atoms with Crippen LogP contribution in [0.25, 0.3) is 0 Å². The quantitative estimate of drug-likeness (QED) is 0.584. The highest BCUT2D eigenvalue weighted by Gasteiger charge is 2.24. The number of hydrogen-bond acceptors (Lipinski definition) is 3. The first-order valence-corrected chi connectivity index (χ1v) is 10.8. The minimum absolute atomic E-state index is 0.0967. The van der Waals surface area contributed by atoms with Gasteiger partial charge in [0.15, 0.2) is 5.96 Å². The number of amides is 1. The minimum atomic E-state index is 0.0967. The normalized spacial score (nSPS) is 18.9. The summed E-state index contributed by atoms with van der Waals surface area (Å²) in [5.74, 6) is 0.762. The summed E-state index contributed by atoms with van der Waals surface area (Å²) in [4.78, 5) is 21.2. The molecule has 1 fully saturated rings. The van der Waals surface area contributed by atoms with Crippen LogP contribution in [0.1, 0.15) is 17.5 Å². The number of nitrogens with one attached hydrogen (secondary N) is 2. The number of halogens is 1. The van der Waals surface area contributed by atoms with Gasteiger partial charge in [-0.05, 0) is 42.2 Å². The molecule has 6 nitrogen and oxygen atoms in total. The van der Waals surface area contributed by atoms with Gasteiger partial charge in [-0.25, -0.2) is 0 Å². The highest BCUT2D eigenvalue weighted by atomic mass is 35.5. The lowest BCUT2D eigenvalue weighted by Crippen LogP contribution is -2.48. The summed E-state index contributed by atoms with van der Waals surface area (Å²) in [6.07, 6.45) is 1.92. The van der Waals surface area contributed by atoms with Crippen LogP contribution in [-0.4, -0.2) is 56.0 Å². The van der Waals surface area contributed by atoms with Crippen LogP contribution < -0.4 is 15.5 Å². The Kier molecular flexibility index (Phi) is 6.43. The molecule has 0 bridgehead atoms. The van der Waals surface area contributed by atoms with E-state index in [4.69, 9.17) is 11.6 Å². The maximum absolute atomic E-state index is 12.7. The van der Waals surface area contributed by atoms with Crippen molar-refractivity contribution in [1.82, 2.24) is 15.5 Å². The van der Waals surface area contributed by atoms with Gasteiger partial charge in [0, 0.05) is 50.0 Å². The van der Waals surface area contributed by atoms with Crippen LogP contribution in [0, 0.1) is 0 Å². The number of carbonyl (C=O) groups excluding carboxylic acids is 1. The summed E-state index contributed by atoms with van der Waals surface area (Å²) in [6, 6.07) is 16.6. The Hall–Kier alpha value is -2.73. The van der Waals surface area contributed by atoms with Gasteiger partial charge >= 0.3 is 0 Å². The Morgan fingerprint density at radius 1 is 1.17 bits per heavy atom. The fourth-order valence-electron chi connectivity index (χ4n) is 4.15. The molecule has 2 aromatic carbocycles. The zero-order valence-electron chi connectivity index (χ0n) is 17.3. The summed E-state index contributed by atoms with van der Waals surface area (Å²) < 4.78 is 0. The number of fused-ring (bicyclic) bond motifs is 1. The number of rotatable bonds is 4. The molecule has 2 aliphatic rings. The van der Waals surface area contributed by atoms with E-state index < -0.39 is 0 Å². The van der Waals surface area contributed by atoms with Crippen molar-refractivity contribution >= 4 is 29.2 Å². The Morgan fingerprint density at radius 2 is 2.00 bits per heavy atom. The number of carbonyl (C=O) groups is 1. The maximum Gasteiger partial charge on any atom is 0.242 e. The van der Waals surface area contributed by atoms with E-state index in [9.17, 15) is 4.79 Å². The molecule has 0 aromatic heterocycles. The van der Waals surface area contributed by atoms with Gasteiger partial charge in [-0.3, -0.25) is 9.79 Å². The van der Waals surface area contributed by atoms with Gasteiger partial charge in [0.1, 0.15) is 0 Å². The van der Waals surface area contributed by atoms with E-state index in [-0.39, 0.29) is 18.5 Å². The molecule has 2 aromatic rings. The van der Waals surface area contributed by atoms with Crippen molar-refractivity contribution in [2.75, 3.05) is 38.1 Å². The Labute approximate surface area is 182 Å². The summed E-state index contributed by atoms with van der Waals surface area (Å²) in [7, 11) is 1.74. The molecule has 2 aliphatic heterocycles. The smallest absolute Gasteiger partial charge is 0.242 e. The third-order valence-electron chi connectivity index (χ3n) is 5.82. The molecule has 0 saturated carbocycles. The first kappa shape index (κ1) is 20.5. The number of guanidine groups is 1. The SMILES string of the molecule is CN=C(NCC(=O)N1CCc2ccccc2C1)NC1CCN(c2cccc(Cl)c2)C1. The molecule has 0 radical (unpaired) electrons. The molecule has 4 rings (SSSR count). The predicted molar refractivity (Wildman–Crippen MR) is 122 cm³/mol. The Morgan fingerprint density at radius 3 is 2.80 bits per heavy atom. The molecule has 0 spiro atoms. The molecule has 158 valence electrons. The second-order valence-electron chi connectivity index (χ2n) is 7.82. The van der Waals surface area contributed by atoms with Crippen LogP contribution in [0.4, 0.5) is 5.69 Å². The molecule has 1 amide bonds. The van der Waals surface area contributed by atoms with Gasteiger partial charge < -0.3 is 20.4 Å². The number of aliphatic imine (C=N–C) groups is 1. The van der Waals surface area contributed by atoms with Crippen LogP contribution in [0.3, 0.4) is 0 Å². The third-order valence-corrected chi connectivity index (χ3v) is 6.05. The predicted octanol–water partition coefficient (Wildman–Crippen LogP) is 2.67. The molecule has 1 atom stereocenters. The molecule has 0 aliphatic carbocycles. The number of benzene rings is 2. The number of anilines is 1. The lowest BCUT2D eigenvalue weighted by molar-refractivity contribution is -0.130. The highest BCUT2D eigenvalue weighted by molar-refractivity contribution is 6.30. The second kappa shape index (κ2) is 9.39. The van der Waals surface area contributed by atoms with Crippen LogP contribution >= 0.6 is 11.6 Å². The lowest BCUT2D eigenvalue weighted by Gasteiger charge is -2.29. The van der Waals surface area contributed by atoms with E-state index >= 15 is 0 Å². The van der Waals surface area contributed by atoms with Crippen molar-refractivity contribution in [2.24, 2.45) is 4.99 Å². The Balaban J connectivity index is 1.26. The summed E-state index contributed by atoms with van der Waals surface area (Å²) in [5.41, 5.74) is 3.72. The van der Waals surface area contributed by atoms with Crippen molar-refractivity contribution in [2.45, 2.75) is 25.4 Å². The molecule has 2 N–H and O–H groups in total. The maximum atomic E-state index is 12.7. The van der Waals surface area contributed by atoms with E-state index in [1.54, 1.807) is 7.05 Å². The average Bonchev–Trinajstić information content (AvgIpc) is 3.24. The second-order valence-corrected chi connectivity index (χ2v) is 8.25. The largest absolute Gasteiger partial charge is 0.369 e. The van der Waals surface area contributed by atoms with Crippen LogP contribution in [0.15, 0.2) is 53.5 Å². The van der Waals surface area contributed by atoms with E-state index in [0.29, 0.717) is 12.5 Å². The van der Waals surface area contributed by atoms with E-state index in [1.165, 1.54) is 11.1 Å². The molecule has 30 heavy (non-hydrogen) atoms. The van der Waals surface area contributed by atoms with E-state index in [0.717, 1.165) is 43.2 Å². The standard InChI is InChI=1S/C23H28ClN5O/c1-25-23(27-20-10-12-28(16-20)21-8-4-7-19(24)13-21)26-14-22(30)29-11-9-17-5-2-3-6-18(17)15-29/h2-8,13,20H,9-12,14-16H2,1H3,(H2,25,26,27). The fourth-order valence-corrected chi connectivity index (χ4v) is 4.34. The van der Waals surface area contributed by atoms with Crippen molar-refractivity contribution in [1.29, 1.82) is 0 Å². The third kappa shape index (κ3) is 4.87. The molecule has 7 heteroatoms. The van der Waals surface area contributed by atoms with Crippen LogP contribution in [0.2, 0.25) is 5.02 Å². The summed E-state index contributed by atoms with van der Waals surface area (Å²) in [6.45, 7) is 3.52. The molecule has 1 saturated heterocycles. The van der Waals surface area contributed by atoms with Gasteiger partial charge in [0.2, 0.25) is 5.91 Å². The highest BCUT2D eigenvalue weighted by Crippen LogP contribution is 2.23. The van der Waals surface area contributed by atoms with E-state index in [2.05, 4.69) is 44.8 Å². The lowest BCUT2D eigenvalue weighted by atomic mass is 10.00. The van der Waals surface area contributed by atoms with E-state index in [1.807, 2.05) is 29.2 Å². The monoisotopic (exact) mass is 425 g/mol. The minimum Gasteiger partial charge on any atom is -0.369 e. The summed E-state index contributed by atoms with van der Waals surface area (Å²) in [5, 5.41) is 7.39. The number of hydrogen-bond donors (Lipinski definition) is 2. The molecule has 2 heterocycles. The van der Waals surface area contributed by atoms with Gasteiger partial charge in [-0.1, -0.05) is 41.9 Å². The van der Waals surface area contributed by atoms with Gasteiger partial charge in [0.05, 0.1) is 6.54 Å². The van der Waals surface area contributed by atoms with Gasteiger partial charge in [0.25, 0.3) is 0 Å². The van der Waals surface area contributed by atoms with Crippen molar-refractivity contribution in [3.8, 4) is 0 Å². The molecular weight excluding hydrogens is 398 g/mol. The Bertz CT molecular complexity index is 931. The number of nitrogens with zero attached hydrogens (tertiary/aromatic N) is 3. The first-order chi connectivity index (χ1) is 14.6. The van der Waals surface area contributed by atoms with Crippen LogP contribution in [0.5, 0.6) is 0 Å². The van der Waals surface area contributed by atoms with Crippen molar-refractivity contribution in [3.05, 3.63) is 64.7 Å². The molecular formula is C23H28ClN5O. The zero-order valence-corrected chi connectivity index (χ0v) is 18.0. The average molecular weight is 426 g/mol. The zero-order chi connectivity index (χ0) is 20.9. The van der Waals surface area contributed by atoms with Crippen molar-refractivity contribution < 1.29 is 4.79 Å². The first-order valence-electron chi connectivity index (χ1n) is 10.4.